The minimum absolute atomic E-state index is 0.0137. The third-order valence-electron chi connectivity index (χ3n) is 3.46. The van der Waals surface area contributed by atoms with Crippen LogP contribution in [-0.4, -0.2) is 29.1 Å². The molecule has 1 fully saturated rings. The van der Waals surface area contributed by atoms with Crippen LogP contribution in [0.15, 0.2) is 12.1 Å². The maximum atomic E-state index is 13.5. The van der Waals surface area contributed by atoms with Crippen molar-refractivity contribution in [3.8, 4) is 0 Å². The van der Waals surface area contributed by atoms with Gasteiger partial charge in [0.05, 0.1) is 10.8 Å². The number of nitro benzene ring substituents is 1. The zero-order valence-electron chi connectivity index (χ0n) is 10.5. The lowest BCUT2D eigenvalue weighted by molar-refractivity contribution is -0.386. The van der Waals surface area contributed by atoms with Crippen LogP contribution >= 0.6 is 0 Å². The molecule has 2 rings (SSSR count). The first-order chi connectivity index (χ1) is 9.31. The van der Waals surface area contributed by atoms with Crippen molar-refractivity contribution in [1.29, 1.82) is 0 Å². The lowest BCUT2D eigenvalue weighted by Gasteiger charge is -2.18. The summed E-state index contributed by atoms with van der Waals surface area (Å²) in [7, 11) is 0. The topological polar surface area (TPSA) is 83.7 Å². The lowest BCUT2D eigenvalue weighted by atomic mass is 9.99. The molecule has 0 aromatic heterocycles. The van der Waals surface area contributed by atoms with Crippen molar-refractivity contribution in [3.05, 3.63) is 33.9 Å². The second kappa shape index (κ2) is 5.03. The van der Waals surface area contributed by atoms with Crippen LogP contribution in [0.1, 0.15) is 6.92 Å². The van der Waals surface area contributed by atoms with Gasteiger partial charge in [0.25, 0.3) is 0 Å². The Morgan fingerprint density at radius 2 is 2.10 bits per heavy atom. The molecule has 8 heteroatoms. The Morgan fingerprint density at radius 3 is 2.60 bits per heavy atom. The van der Waals surface area contributed by atoms with Gasteiger partial charge in [0.15, 0.2) is 0 Å². The van der Waals surface area contributed by atoms with Crippen LogP contribution in [-0.2, 0) is 4.79 Å². The van der Waals surface area contributed by atoms with Crippen molar-refractivity contribution in [1.82, 2.24) is 0 Å². The molecule has 1 N–H and O–H groups in total. The molecule has 0 amide bonds. The van der Waals surface area contributed by atoms with Crippen LogP contribution in [0.4, 0.5) is 20.2 Å². The maximum absolute atomic E-state index is 13.5. The molecule has 1 heterocycles. The van der Waals surface area contributed by atoms with Gasteiger partial charge in [-0.3, -0.25) is 14.9 Å². The van der Waals surface area contributed by atoms with Crippen molar-refractivity contribution in [2.24, 2.45) is 11.8 Å². The number of rotatable bonds is 3. The van der Waals surface area contributed by atoms with E-state index >= 15 is 0 Å². The Bertz CT molecular complexity index is 579. The number of carboxylic acids is 1. The molecule has 20 heavy (non-hydrogen) atoms. The van der Waals surface area contributed by atoms with E-state index in [1.165, 1.54) is 4.90 Å². The number of halogens is 2. The molecule has 0 bridgehead atoms. The van der Waals surface area contributed by atoms with Crippen LogP contribution in [0, 0.1) is 33.6 Å². The third-order valence-corrected chi connectivity index (χ3v) is 3.46. The summed E-state index contributed by atoms with van der Waals surface area (Å²) in [5, 5.41) is 19.9. The summed E-state index contributed by atoms with van der Waals surface area (Å²) in [5.41, 5.74) is -1.05. The second-order valence-electron chi connectivity index (χ2n) is 4.84. The molecule has 1 aliphatic heterocycles. The summed E-state index contributed by atoms with van der Waals surface area (Å²) in [4.78, 5) is 22.4. The van der Waals surface area contributed by atoms with E-state index in [9.17, 15) is 23.7 Å². The van der Waals surface area contributed by atoms with Gasteiger partial charge < -0.3 is 10.0 Å². The Labute approximate surface area is 112 Å². The smallest absolute Gasteiger partial charge is 0.328 e. The number of nitrogens with zero attached hydrogens (tertiary/aromatic N) is 2. The van der Waals surface area contributed by atoms with Gasteiger partial charge in [-0.1, -0.05) is 6.92 Å². The highest BCUT2D eigenvalue weighted by molar-refractivity contribution is 5.74. The molecule has 0 aliphatic carbocycles. The van der Waals surface area contributed by atoms with Gasteiger partial charge in [0, 0.05) is 25.2 Å². The van der Waals surface area contributed by atoms with E-state index in [-0.39, 0.29) is 24.7 Å². The van der Waals surface area contributed by atoms with Gasteiger partial charge >= 0.3 is 11.7 Å². The van der Waals surface area contributed by atoms with Gasteiger partial charge in [0.1, 0.15) is 11.5 Å². The largest absolute Gasteiger partial charge is 0.481 e. The number of carboxylic acid groups (broad SMARTS) is 1. The van der Waals surface area contributed by atoms with Gasteiger partial charge in [-0.05, 0) is 5.92 Å². The average molecular weight is 286 g/mol. The standard InChI is InChI=1S/C12H12F2N2O4/c1-6-4-15(5-8(6)12(17)18)10-3-7(13)2-9(14)11(10)16(19)20/h2-3,6,8H,4-5H2,1H3,(H,17,18). The molecule has 0 radical (unpaired) electrons. The van der Waals surface area contributed by atoms with Crippen LogP contribution in [0.5, 0.6) is 0 Å². The minimum atomic E-state index is -1.27. The molecule has 1 aromatic rings. The Balaban J connectivity index is 2.43. The molecule has 6 nitrogen and oxygen atoms in total. The number of anilines is 1. The zero-order valence-corrected chi connectivity index (χ0v) is 10.5. The number of hydrogen-bond acceptors (Lipinski definition) is 4. The maximum Gasteiger partial charge on any atom is 0.328 e. The summed E-state index contributed by atoms with van der Waals surface area (Å²) >= 11 is 0. The predicted molar refractivity (Wildman–Crippen MR) is 65.5 cm³/mol. The monoisotopic (exact) mass is 286 g/mol. The first-order valence-electron chi connectivity index (χ1n) is 5.92. The van der Waals surface area contributed by atoms with Gasteiger partial charge in [-0.15, -0.1) is 0 Å². The molecular weight excluding hydrogens is 274 g/mol. The van der Waals surface area contributed by atoms with Crippen molar-refractivity contribution in [3.63, 3.8) is 0 Å². The molecule has 2 unspecified atom stereocenters. The van der Waals surface area contributed by atoms with Crippen molar-refractivity contribution in [2.75, 3.05) is 18.0 Å². The van der Waals surface area contributed by atoms with Crippen LogP contribution < -0.4 is 4.90 Å². The van der Waals surface area contributed by atoms with Crippen molar-refractivity contribution >= 4 is 17.3 Å². The summed E-state index contributed by atoms with van der Waals surface area (Å²) in [6.45, 7) is 1.86. The van der Waals surface area contributed by atoms with E-state index in [2.05, 4.69) is 0 Å². The average Bonchev–Trinajstić information content (AvgIpc) is 2.69. The van der Waals surface area contributed by atoms with Crippen molar-refractivity contribution < 1.29 is 23.6 Å². The highest BCUT2D eigenvalue weighted by Gasteiger charge is 2.38. The summed E-state index contributed by atoms with van der Waals surface area (Å²) in [5.74, 6) is -4.22. The molecular formula is C12H12F2N2O4. The number of nitro groups is 1. The Morgan fingerprint density at radius 1 is 1.45 bits per heavy atom. The Kier molecular flexibility index (Phi) is 3.56. The van der Waals surface area contributed by atoms with Gasteiger partial charge in [-0.25, -0.2) is 4.39 Å². The highest BCUT2D eigenvalue weighted by Crippen LogP contribution is 2.36. The fraction of sp³-hybridized carbons (Fsp3) is 0.417. The van der Waals surface area contributed by atoms with E-state index in [0.29, 0.717) is 6.07 Å². The Hall–Kier alpha value is -2.25. The van der Waals surface area contributed by atoms with E-state index in [0.717, 1.165) is 6.07 Å². The number of hydrogen-bond donors (Lipinski definition) is 1. The summed E-state index contributed by atoms with van der Waals surface area (Å²) < 4.78 is 26.8. The minimum Gasteiger partial charge on any atom is -0.481 e. The fourth-order valence-electron chi connectivity index (χ4n) is 2.46. The van der Waals surface area contributed by atoms with Crippen LogP contribution in [0.2, 0.25) is 0 Å². The van der Waals surface area contributed by atoms with E-state index < -0.39 is 34.1 Å². The van der Waals surface area contributed by atoms with E-state index in [1.54, 1.807) is 6.92 Å². The number of carbonyl (C=O) groups is 1. The SMILES string of the molecule is CC1CN(c2cc(F)cc(F)c2[N+](=O)[O-])CC1C(=O)O. The van der Waals surface area contributed by atoms with Gasteiger partial charge in [0.2, 0.25) is 5.82 Å². The molecule has 108 valence electrons. The molecule has 0 spiro atoms. The first-order valence-corrected chi connectivity index (χ1v) is 5.92. The zero-order chi connectivity index (χ0) is 15.0. The summed E-state index contributed by atoms with van der Waals surface area (Å²) in [6.07, 6.45) is 0. The molecule has 1 saturated heterocycles. The predicted octanol–water partition coefficient (Wildman–Crippen LogP) is 2.03. The van der Waals surface area contributed by atoms with Crippen molar-refractivity contribution in [2.45, 2.75) is 6.92 Å². The highest BCUT2D eigenvalue weighted by atomic mass is 19.1. The number of aliphatic carboxylic acids is 1. The molecule has 2 atom stereocenters. The number of benzene rings is 1. The third kappa shape index (κ3) is 2.40. The van der Waals surface area contributed by atoms with E-state index in [1.807, 2.05) is 0 Å². The lowest BCUT2D eigenvalue weighted by Crippen LogP contribution is -2.24. The molecule has 1 aromatic carbocycles. The molecule has 1 aliphatic rings. The molecule has 0 saturated carbocycles. The second-order valence-corrected chi connectivity index (χ2v) is 4.84. The fourth-order valence-corrected chi connectivity index (χ4v) is 2.46. The summed E-state index contributed by atoms with van der Waals surface area (Å²) in [6, 6.07) is 1.30. The van der Waals surface area contributed by atoms with Crippen LogP contribution in [0.25, 0.3) is 0 Å². The normalized spacial score (nSPS) is 22.1. The first kappa shape index (κ1) is 14.2. The van der Waals surface area contributed by atoms with Gasteiger partial charge in [-0.2, -0.15) is 4.39 Å². The van der Waals surface area contributed by atoms with E-state index in [4.69, 9.17) is 5.11 Å². The quantitative estimate of drug-likeness (QED) is 0.679. The van der Waals surface area contributed by atoms with Crippen LogP contribution in [0.3, 0.4) is 0 Å².